The molecule has 1 rings (SSSR count). The molecule has 0 aromatic carbocycles. The molecule has 11 heavy (non-hydrogen) atoms. The van der Waals surface area contributed by atoms with Crippen molar-refractivity contribution in [3.8, 4) is 0 Å². The first kappa shape index (κ1) is 13.3. The molecule has 0 aliphatic heterocycles. The Bertz CT molecular complexity index is 214. The van der Waals surface area contributed by atoms with Gasteiger partial charge in [0.15, 0.2) is 0 Å². The molecule has 0 bridgehead atoms. The van der Waals surface area contributed by atoms with Crippen LogP contribution in [0.5, 0.6) is 0 Å². The van der Waals surface area contributed by atoms with Crippen LogP contribution in [0.2, 0.25) is 0 Å². The second kappa shape index (κ2) is 6.40. The van der Waals surface area contributed by atoms with E-state index in [0.29, 0.717) is 5.56 Å². The minimum atomic E-state index is -0.469. The zero-order valence-electron chi connectivity index (χ0n) is 5.36. The summed E-state index contributed by atoms with van der Waals surface area (Å²) >= 11 is 5.12. The van der Waals surface area contributed by atoms with Crippen LogP contribution in [0.4, 0.5) is 0 Å². The van der Waals surface area contributed by atoms with Gasteiger partial charge in [0.1, 0.15) is 0 Å². The summed E-state index contributed by atoms with van der Waals surface area (Å²) in [5.74, 6) is 0. The van der Waals surface area contributed by atoms with E-state index >= 15 is 0 Å². The molecular weight excluding hydrogens is 208 g/mol. The molecular formula is C6H6Cl3NO. The number of halogens is 3. The molecule has 0 saturated carbocycles. The van der Waals surface area contributed by atoms with E-state index in [1.165, 1.54) is 6.20 Å². The van der Waals surface area contributed by atoms with Gasteiger partial charge in [-0.25, -0.2) is 0 Å². The van der Waals surface area contributed by atoms with Crippen molar-refractivity contribution in [1.29, 1.82) is 0 Å². The monoisotopic (exact) mass is 213 g/mol. The van der Waals surface area contributed by atoms with Gasteiger partial charge in [0.05, 0.1) is 5.56 Å². The molecule has 0 radical (unpaired) electrons. The smallest absolute Gasteiger partial charge is 0.253 e. The van der Waals surface area contributed by atoms with Crippen molar-refractivity contribution < 1.29 is 4.79 Å². The van der Waals surface area contributed by atoms with Crippen molar-refractivity contribution >= 4 is 41.7 Å². The molecule has 0 atom stereocenters. The predicted octanol–water partition coefficient (Wildman–Crippen LogP) is 2.30. The number of pyridine rings is 1. The van der Waals surface area contributed by atoms with E-state index in [0.717, 1.165) is 0 Å². The fourth-order valence-corrected chi connectivity index (χ4v) is 0.591. The normalized spacial score (nSPS) is 7.36. The highest BCUT2D eigenvalue weighted by Crippen LogP contribution is 1.98. The maximum Gasteiger partial charge on any atom is 0.253 e. The molecule has 0 amide bonds. The van der Waals surface area contributed by atoms with Gasteiger partial charge in [-0.2, -0.15) is 0 Å². The molecule has 0 N–H and O–H groups in total. The third-order valence-electron chi connectivity index (χ3n) is 0.888. The Kier molecular flexibility index (Phi) is 7.74. The van der Waals surface area contributed by atoms with E-state index in [1.54, 1.807) is 18.3 Å². The summed E-state index contributed by atoms with van der Waals surface area (Å²) in [6, 6.07) is 3.28. The lowest BCUT2D eigenvalue weighted by atomic mass is 10.3. The van der Waals surface area contributed by atoms with Crippen molar-refractivity contribution in [2.75, 3.05) is 0 Å². The fraction of sp³-hybridized carbons (Fsp3) is 0. The molecule has 62 valence electrons. The number of rotatable bonds is 1. The molecule has 1 heterocycles. The Morgan fingerprint density at radius 1 is 1.45 bits per heavy atom. The average molecular weight is 214 g/mol. The summed E-state index contributed by atoms with van der Waals surface area (Å²) in [5.41, 5.74) is 0.430. The maximum absolute atomic E-state index is 10.4. The lowest BCUT2D eigenvalue weighted by Gasteiger charge is -1.86. The van der Waals surface area contributed by atoms with Crippen LogP contribution in [0.25, 0.3) is 0 Å². The minimum absolute atomic E-state index is 0. The molecule has 0 fully saturated rings. The first-order chi connectivity index (χ1) is 4.30. The van der Waals surface area contributed by atoms with Gasteiger partial charge in [-0.3, -0.25) is 9.78 Å². The number of nitrogens with zero attached hydrogens (tertiary/aromatic N) is 1. The van der Waals surface area contributed by atoms with Crippen LogP contribution in [-0.4, -0.2) is 10.2 Å². The van der Waals surface area contributed by atoms with Gasteiger partial charge in [-0.1, -0.05) is 0 Å². The quantitative estimate of drug-likeness (QED) is 0.672. The third kappa shape index (κ3) is 4.19. The summed E-state index contributed by atoms with van der Waals surface area (Å²) in [6.45, 7) is 0. The van der Waals surface area contributed by atoms with E-state index in [4.69, 9.17) is 11.6 Å². The van der Waals surface area contributed by atoms with Gasteiger partial charge in [0, 0.05) is 12.4 Å². The molecule has 2 nitrogen and oxygen atoms in total. The highest BCUT2D eigenvalue weighted by molar-refractivity contribution is 6.67. The zero-order chi connectivity index (χ0) is 6.69. The van der Waals surface area contributed by atoms with Crippen molar-refractivity contribution in [3.63, 3.8) is 0 Å². The standard InChI is InChI=1S/C6H4ClNO.2ClH/c7-6(9)5-2-1-3-8-4-5;;/h1-4H;2*1H. The Morgan fingerprint density at radius 2 is 2.09 bits per heavy atom. The van der Waals surface area contributed by atoms with Gasteiger partial charge >= 0.3 is 0 Å². The van der Waals surface area contributed by atoms with Crippen LogP contribution < -0.4 is 0 Å². The van der Waals surface area contributed by atoms with Crippen LogP contribution >= 0.6 is 36.4 Å². The lowest BCUT2D eigenvalue weighted by molar-refractivity contribution is 0.108. The average Bonchev–Trinajstić information content (AvgIpc) is 1.90. The summed E-state index contributed by atoms with van der Waals surface area (Å²) in [6.07, 6.45) is 3.01. The van der Waals surface area contributed by atoms with Crippen molar-refractivity contribution in [3.05, 3.63) is 30.1 Å². The molecule has 0 aliphatic rings. The highest BCUT2D eigenvalue weighted by Gasteiger charge is 1.96. The van der Waals surface area contributed by atoms with Gasteiger partial charge in [-0.05, 0) is 23.7 Å². The van der Waals surface area contributed by atoms with Crippen LogP contribution in [-0.2, 0) is 0 Å². The molecule has 0 unspecified atom stereocenters. The maximum atomic E-state index is 10.4. The summed E-state index contributed by atoms with van der Waals surface area (Å²) in [4.78, 5) is 14.1. The van der Waals surface area contributed by atoms with Crippen LogP contribution in [0.3, 0.4) is 0 Å². The minimum Gasteiger partial charge on any atom is -0.276 e. The number of hydrogen-bond donors (Lipinski definition) is 0. The predicted molar refractivity (Wildman–Crippen MR) is 48.9 cm³/mol. The first-order valence-corrected chi connectivity index (χ1v) is 2.78. The van der Waals surface area contributed by atoms with E-state index in [1.807, 2.05) is 0 Å². The molecule has 1 aromatic heterocycles. The summed E-state index contributed by atoms with van der Waals surface area (Å²) in [7, 11) is 0. The number of hydrogen-bond acceptors (Lipinski definition) is 2. The van der Waals surface area contributed by atoms with E-state index in [-0.39, 0.29) is 24.8 Å². The molecule has 0 saturated heterocycles. The second-order valence-electron chi connectivity index (χ2n) is 1.52. The van der Waals surface area contributed by atoms with Gasteiger partial charge in [0.2, 0.25) is 0 Å². The molecule has 1 aromatic rings. The zero-order valence-corrected chi connectivity index (χ0v) is 7.75. The summed E-state index contributed by atoms with van der Waals surface area (Å²) < 4.78 is 0. The van der Waals surface area contributed by atoms with Gasteiger partial charge in [0.25, 0.3) is 5.24 Å². The fourth-order valence-electron chi connectivity index (χ4n) is 0.479. The molecule has 0 spiro atoms. The lowest BCUT2D eigenvalue weighted by Crippen LogP contribution is -1.87. The van der Waals surface area contributed by atoms with Gasteiger partial charge < -0.3 is 0 Å². The number of aromatic nitrogens is 1. The van der Waals surface area contributed by atoms with E-state index in [2.05, 4.69) is 4.98 Å². The summed E-state index contributed by atoms with van der Waals surface area (Å²) in [5, 5.41) is -0.469. The Hall–Kier alpha value is -0.310. The Morgan fingerprint density at radius 3 is 2.36 bits per heavy atom. The van der Waals surface area contributed by atoms with Crippen molar-refractivity contribution in [2.24, 2.45) is 0 Å². The van der Waals surface area contributed by atoms with Crippen molar-refractivity contribution in [2.45, 2.75) is 0 Å². The number of carbonyl (C=O) groups excluding carboxylic acids is 1. The number of carbonyl (C=O) groups is 1. The first-order valence-electron chi connectivity index (χ1n) is 2.40. The van der Waals surface area contributed by atoms with Crippen LogP contribution in [0, 0.1) is 0 Å². The SMILES string of the molecule is Cl.Cl.O=C(Cl)c1cccnc1. The van der Waals surface area contributed by atoms with Crippen molar-refractivity contribution in [1.82, 2.24) is 4.98 Å². The molecule has 0 aliphatic carbocycles. The van der Waals surface area contributed by atoms with Crippen LogP contribution in [0.1, 0.15) is 10.4 Å². The molecule has 5 heteroatoms. The Labute approximate surface area is 81.8 Å². The Balaban J connectivity index is 0. The second-order valence-corrected chi connectivity index (χ2v) is 1.86. The third-order valence-corrected chi connectivity index (χ3v) is 1.11. The van der Waals surface area contributed by atoms with E-state index < -0.39 is 5.24 Å². The van der Waals surface area contributed by atoms with Crippen LogP contribution in [0.15, 0.2) is 24.5 Å². The largest absolute Gasteiger partial charge is 0.276 e. The van der Waals surface area contributed by atoms with Gasteiger partial charge in [-0.15, -0.1) is 24.8 Å². The topological polar surface area (TPSA) is 30.0 Å². The highest BCUT2D eigenvalue weighted by atomic mass is 35.5. The van der Waals surface area contributed by atoms with E-state index in [9.17, 15) is 4.79 Å².